The Morgan fingerprint density at radius 3 is 2.42 bits per heavy atom. The standard InChI is InChI=1S/C20H24N4O2/c1-14-7-10-17(23-20(26)22-16-5-3-2-4-6-16)11-18(14)24-19(25)13-21-12-15-8-9-15/h2-7,10-11,15,21H,8-9,12-13H2,1H3,(H,24,25)(H2,22,23,26). The molecule has 6 heteroatoms. The molecule has 2 aromatic rings. The molecule has 6 nitrogen and oxygen atoms in total. The zero-order valence-corrected chi connectivity index (χ0v) is 14.8. The smallest absolute Gasteiger partial charge is 0.323 e. The quantitative estimate of drug-likeness (QED) is 0.615. The van der Waals surface area contributed by atoms with Crippen molar-refractivity contribution >= 4 is 29.0 Å². The first-order valence-corrected chi connectivity index (χ1v) is 8.84. The van der Waals surface area contributed by atoms with E-state index in [4.69, 9.17) is 0 Å². The number of anilines is 3. The van der Waals surface area contributed by atoms with E-state index in [0.717, 1.165) is 18.0 Å². The number of para-hydroxylation sites is 1. The molecule has 3 rings (SSSR count). The molecule has 3 amide bonds. The maximum absolute atomic E-state index is 12.1. The maximum Gasteiger partial charge on any atom is 0.323 e. The molecule has 1 fully saturated rings. The van der Waals surface area contributed by atoms with Gasteiger partial charge < -0.3 is 21.3 Å². The van der Waals surface area contributed by atoms with E-state index in [1.807, 2.05) is 43.3 Å². The Labute approximate surface area is 153 Å². The number of carbonyl (C=O) groups excluding carboxylic acids is 2. The highest BCUT2D eigenvalue weighted by Crippen LogP contribution is 2.27. The monoisotopic (exact) mass is 352 g/mol. The van der Waals surface area contributed by atoms with Crippen molar-refractivity contribution in [2.24, 2.45) is 5.92 Å². The fourth-order valence-electron chi connectivity index (χ4n) is 2.56. The van der Waals surface area contributed by atoms with Crippen molar-refractivity contribution in [3.63, 3.8) is 0 Å². The number of rotatable bonds is 7. The van der Waals surface area contributed by atoms with Crippen LogP contribution in [0.2, 0.25) is 0 Å². The Hall–Kier alpha value is -2.86. The van der Waals surface area contributed by atoms with Gasteiger partial charge in [-0.05, 0) is 62.1 Å². The number of amides is 3. The summed E-state index contributed by atoms with van der Waals surface area (Å²) in [5.74, 6) is 0.653. The molecule has 136 valence electrons. The molecule has 0 aromatic heterocycles. The minimum absolute atomic E-state index is 0.0837. The van der Waals surface area contributed by atoms with E-state index in [0.29, 0.717) is 23.6 Å². The zero-order valence-electron chi connectivity index (χ0n) is 14.8. The Kier molecular flexibility index (Phi) is 5.86. The first-order chi connectivity index (χ1) is 12.6. The minimum atomic E-state index is -0.330. The Balaban J connectivity index is 1.54. The molecule has 0 radical (unpaired) electrons. The second-order valence-corrected chi connectivity index (χ2v) is 6.60. The van der Waals surface area contributed by atoms with E-state index in [-0.39, 0.29) is 11.9 Å². The van der Waals surface area contributed by atoms with Crippen LogP contribution in [-0.2, 0) is 4.79 Å². The third-order valence-electron chi connectivity index (χ3n) is 4.22. The number of urea groups is 1. The number of aryl methyl sites for hydroxylation is 1. The van der Waals surface area contributed by atoms with Gasteiger partial charge in [-0.3, -0.25) is 4.79 Å². The average molecular weight is 352 g/mol. The molecule has 0 unspecified atom stereocenters. The van der Waals surface area contributed by atoms with Crippen molar-refractivity contribution in [1.82, 2.24) is 5.32 Å². The molecular weight excluding hydrogens is 328 g/mol. The van der Waals surface area contributed by atoms with E-state index in [9.17, 15) is 9.59 Å². The van der Waals surface area contributed by atoms with E-state index < -0.39 is 0 Å². The molecule has 0 bridgehead atoms. The molecule has 2 aromatic carbocycles. The summed E-state index contributed by atoms with van der Waals surface area (Å²) in [5.41, 5.74) is 2.97. The summed E-state index contributed by atoms with van der Waals surface area (Å²) in [6.45, 7) is 3.11. The summed E-state index contributed by atoms with van der Waals surface area (Å²) in [7, 11) is 0. The summed E-state index contributed by atoms with van der Waals surface area (Å²) in [4.78, 5) is 24.2. The van der Waals surface area contributed by atoms with Crippen LogP contribution in [0.3, 0.4) is 0 Å². The van der Waals surface area contributed by atoms with E-state index in [1.165, 1.54) is 12.8 Å². The first-order valence-electron chi connectivity index (χ1n) is 8.84. The van der Waals surface area contributed by atoms with Crippen LogP contribution in [0.25, 0.3) is 0 Å². The van der Waals surface area contributed by atoms with Gasteiger partial charge in [0.1, 0.15) is 0 Å². The van der Waals surface area contributed by atoms with Crippen molar-refractivity contribution < 1.29 is 9.59 Å². The fraction of sp³-hybridized carbons (Fsp3) is 0.300. The molecule has 26 heavy (non-hydrogen) atoms. The second kappa shape index (κ2) is 8.49. The third-order valence-corrected chi connectivity index (χ3v) is 4.22. The van der Waals surface area contributed by atoms with Gasteiger partial charge in [-0.15, -0.1) is 0 Å². The molecule has 1 aliphatic rings. The normalized spacial score (nSPS) is 13.1. The van der Waals surface area contributed by atoms with Crippen molar-refractivity contribution in [2.75, 3.05) is 29.0 Å². The van der Waals surface area contributed by atoms with Crippen LogP contribution in [0.5, 0.6) is 0 Å². The van der Waals surface area contributed by atoms with Crippen molar-refractivity contribution in [1.29, 1.82) is 0 Å². The largest absolute Gasteiger partial charge is 0.325 e. The fourth-order valence-corrected chi connectivity index (χ4v) is 2.56. The highest BCUT2D eigenvalue weighted by molar-refractivity contribution is 6.00. The summed E-state index contributed by atoms with van der Waals surface area (Å²) in [6, 6.07) is 14.3. The molecule has 1 aliphatic carbocycles. The van der Waals surface area contributed by atoms with Crippen LogP contribution in [0.15, 0.2) is 48.5 Å². The van der Waals surface area contributed by atoms with Gasteiger partial charge in [0.2, 0.25) is 5.91 Å². The van der Waals surface area contributed by atoms with Crippen molar-refractivity contribution in [2.45, 2.75) is 19.8 Å². The molecule has 0 heterocycles. The van der Waals surface area contributed by atoms with Crippen LogP contribution < -0.4 is 21.3 Å². The third kappa shape index (κ3) is 5.60. The lowest BCUT2D eigenvalue weighted by molar-refractivity contribution is -0.115. The van der Waals surface area contributed by atoms with E-state index >= 15 is 0 Å². The van der Waals surface area contributed by atoms with Crippen LogP contribution in [0, 0.1) is 12.8 Å². The molecular formula is C20H24N4O2. The lowest BCUT2D eigenvalue weighted by Crippen LogP contribution is -2.29. The number of carbonyl (C=O) groups is 2. The second-order valence-electron chi connectivity index (χ2n) is 6.60. The van der Waals surface area contributed by atoms with Gasteiger partial charge in [0.05, 0.1) is 6.54 Å². The predicted molar refractivity (Wildman–Crippen MR) is 104 cm³/mol. The summed E-state index contributed by atoms with van der Waals surface area (Å²) < 4.78 is 0. The molecule has 0 aliphatic heterocycles. The SMILES string of the molecule is Cc1ccc(NC(=O)Nc2ccccc2)cc1NC(=O)CNCC1CC1. The molecule has 1 saturated carbocycles. The molecule has 0 spiro atoms. The highest BCUT2D eigenvalue weighted by atomic mass is 16.2. The van der Waals surface area contributed by atoms with Crippen LogP contribution in [0.1, 0.15) is 18.4 Å². The van der Waals surface area contributed by atoms with Crippen LogP contribution in [-0.4, -0.2) is 25.0 Å². The summed E-state index contributed by atoms with van der Waals surface area (Å²) in [5, 5.41) is 11.6. The van der Waals surface area contributed by atoms with E-state index in [2.05, 4.69) is 21.3 Å². The van der Waals surface area contributed by atoms with Crippen molar-refractivity contribution in [3.05, 3.63) is 54.1 Å². The van der Waals surface area contributed by atoms with Gasteiger partial charge in [0.15, 0.2) is 0 Å². The van der Waals surface area contributed by atoms with E-state index in [1.54, 1.807) is 12.1 Å². The minimum Gasteiger partial charge on any atom is -0.325 e. The number of benzene rings is 2. The van der Waals surface area contributed by atoms with Gasteiger partial charge in [-0.25, -0.2) is 4.79 Å². The van der Waals surface area contributed by atoms with Crippen LogP contribution in [0.4, 0.5) is 21.9 Å². The van der Waals surface area contributed by atoms with Gasteiger partial charge in [-0.2, -0.15) is 0 Å². The number of hydrogen-bond donors (Lipinski definition) is 4. The topological polar surface area (TPSA) is 82.3 Å². The average Bonchev–Trinajstić information content (AvgIpc) is 3.43. The van der Waals surface area contributed by atoms with Gasteiger partial charge in [0, 0.05) is 17.1 Å². The lowest BCUT2D eigenvalue weighted by atomic mass is 10.1. The summed E-state index contributed by atoms with van der Waals surface area (Å²) >= 11 is 0. The number of hydrogen-bond acceptors (Lipinski definition) is 3. The molecule has 0 atom stereocenters. The highest BCUT2D eigenvalue weighted by Gasteiger charge is 2.20. The Morgan fingerprint density at radius 1 is 0.962 bits per heavy atom. The first kappa shape index (κ1) is 17.9. The Morgan fingerprint density at radius 2 is 1.69 bits per heavy atom. The van der Waals surface area contributed by atoms with Crippen molar-refractivity contribution in [3.8, 4) is 0 Å². The number of nitrogens with one attached hydrogen (secondary N) is 4. The van der Waals surface area contributed by atoms with Gasteiger partial charge in [0.25, 0.3) is 0 Å². The Bertz CT molecular complexity index is 773. The summed E-state index contributed by atoms with van der Waals surface area (Å²) in [6.07, 6.45) is 2.51. The molecule has 0 saturated heterocycles. The van der Waals surface area contributed by atoms with Gasteiger partial charge in [-0.1, -0.05) is 24.3 Å². The lowest BCUT2D eigenvalue weighted by Gasteiger charge is -2.12. The molecule has 4 N–H and O–H groups in total. The maximum atomic E-state index is 12.1. The zero-order chi connectivity index (χ0) is 18.4. The predicted octanol–water partition coefficient (Wildman–Crippen LogP) is 3.58. The van der Waals surface area contributed by atoms with Gasteiger partial charge >= 0.3 is 6.03 Å². The van der Waals surface area contributed by atoms with Crippen LogP contribution >= 0.6 is 0 Å².